The highest BCUT2D eigenvalue weighted by molar-refractivity contribution is 6.02. The Balaban J connectivity index is 1.57. The fourth-order valence-corrected chi connectivity index (χ4v) is 2.38. The Morgan fingerprint density at radius 1 is 1.17 bits per heavy atom. The zero-order valence-corrected chi connectivity index (χ0v) is 15.1. The number of carbonyl (C=O) groups excluding carboxylic acids is 1. The molecule has 0 saturated carbocycles. The molecule has 1 aromatic heterocycles. The number of anilines is 1. The number of amides is 1. The third-order valence-corrected chi connectivity index (χ3v) is 3.84. The zero-order valence-electron chi connectivity index (χ0n) is 15.1. The number of nitrogens with one attached hydrogen (secondary N) is 1. The van der Waals surface area contributed by atoms with Gasteiger partial charge in [0.25, 0.3) is 5.69 Å². The minimum Gasteiger partial charge on any atom is -0.487 e. The Bertz CT molecular complexity index is 1040. The van der Waals surface area contributed by atoms with Gasteiger partial charge in [0, 0.05) is 24.4 Å². The molecule has 0 bridgehead atoms. The average Bonchev–Trinajstić information content (AvgIpc) is 2.73. The van der Waals surface area contributed by atoms with E-state index in [2.05, 4.69) is 10.3 Å². The maximum absolute atomic E-state index is 13.7. The maximum atomic E-state index is 13.7. The molecule has 3 aromatic rings. The molecular weight excluding hydrogens is 377 g/mol. The summed E-state index contributed by atoms with van der Waals surface area (Å²) in [5, 5.41) is 13.0. The number of carbonyl (C=O) groups is 1. The molecule has 29 heavy (non-hydrogen) atoms. The second-order valence-corrected chi connectivity index (χ2v) is 5.92. The quantitative estimate of drug-likeness (QED) is 0.366. The van der Waals surface area contributed by atoms with Crippen molar-refractivity contribution in [2.24, 2.45) is 0 Å². The second-order valence-electron chi connectivity index (χ2n) is 5.92. The lowest BCUT2D eigenvalue weighted by molar-refractivity contribution is -0.384. The summed E-state index contributed by atoms with van der Waals surface area (Å²) in [7, 11) is 0. The van der Waals surface area contributed by atoms with Crippen LogP contribution in [0.15, 0.2) is 72.9 Å². The molecular formula is C21H16FN3O4. The molecule has 7 nitrogen and oxygen atoms in total. The van der Waals surface area contributed by atoms with E-state index in [0.29, 0.717) is 12.4 Å². The number of hydrogen-bond donors (Lipinski definition) is 1. The van der Waals surface area contributed by atoms with Crippen LogP contribution in [0.3, 0.4) is 0 Å². The Kier molecular flexibility index (Phi) is 6.26. The summed E-state index contributed by atoms with van der Waals surface area (Å²) >= 11 is 0. The first-order valence-electron chi connectivity index (χ1n) is 8.57. The van der Waals surface area contributed by atoms with Crippen LogP contribution >= 0.6 is 0 Å². The van der Waals surface area contributed by atoms with E-state index in [1.165, 1.54) is 12.2 Å². The maximum Gasteiger partial charge on any atom is 0.271 e. The minimum atomic E-state index is -0.758. The van der Waals surface area contributed by atoms with Crippen LogP contribution in [-0.2, 0) is 11.4 Å². The number of pyridine rings is 1. The Morgan fingerprint density at radius 3 is 2.66 bits per heavy atom. The van der Waals surface area contributed by atoms with Crippen molar-refractivity contribution in [3.05, 3.63) is 100 Å². The fraction of sp³-hybridized carbons (Fsp3) is 0.0476. The van der Waals surface area contributed by atoms with Gasteiger partial charge in [0.2, 0.25) is 5.91 Å². The van der Waals surface area contributed by atoms with Crippen molar-refractivity contribution in [1.82, 2.24) is 4.98 Å². The van der Waals surface area contributed by atoms with Crippen LogP contribution in [0.25, 0.3) is 6.08 Å². The van der Waals surface area contributed by atoms with Gasteiger partial charge in [-0.05, 0) is 42.0 Å². The van der Waals surface area contributed by atoms with Crippen LogP contribution in [0.1, 0.15) is 11.3 Å². The van der Waals surface area contributed by atoms with Crippen LogP contribution in [-0.4, -0.2) is 15.8 Å². The fourth-order valence-electron chi connectivity index (χ4n) is 2.38. The number of rotatable bonds is 7. The molecule has 0 spiro atoms. The molecule has 0 radical (unpaired) electrons. The molecule has 0 unspecified atom stereocenters. The van der Waals surface area contributed by atoms with Crippen LogP contribution in [0.2, 0.25) is 0 Å². The van der Waals surface area contributed by atoms with Gasteiger partial charge in [-0.15, -0.1) is 0 Å². The number of aromatic nitrogens is 1. The number of benzene rings is 2. The van der Waals surface area contributed by atoms with Gasteiger partial charge in [-0.1, -0.05) is 18.2 Å². The van der Waals surface area contributed by atoms with Gasteiger partial charge in [0.05, 0.1) is 16.3 Å². The van der Waals surface area contributed by atoms with Crippen LogP contribution in [0.5, 0.6) is 5.75 Å². The van der Waals surface area contributed by atoms with Crippen molar-refractivity contribution in [2.45, 2.75) is 6.61 Å². The van der Waals surface area contributed by atoms with E-state index in [9.17, 15) is 19.3 Å². The predicted molar refractivity (Wildman–Crippen MR) is 106 cm³/mol. The molecule has 0 aliphatic heterocycles. The van der Waals surface area contributed by atoms with Gasteiger partial charge in [0.15, 0.2) is 0 Å². The lowest BCUT2D eigenvalue weighted by Crippen LogP contribution is -2.09. The van der Waals surface area contributed by atoms with E-state index in [1.807, 2.05) is 18.2 Å². The molecule has 3 rings (SSSR count). The van der Waals surface area contributed by atoms with Crippen molar-refractivity contribution >= 4 is 23.4 Å². The third kappa shape index (κ3) is 5.70. The molecule has 1 heterocycles. The Hall–Kier alpha value is -4.07. The standard InChI is InChI=1S/C21H16FN3O4/c22-19-10-7-17(25(27)28)13-20(19)24-21(26)11-6-15-4-8-18(9-5-15)29-14-16-3-1-2-12-23-16/h1-13H,14H2,(H,24,26)/b11-6+. The average molecular weight is 393 g/mol. The summed E-state index contributed by atoms with van der Waals surface area (Å²) in [5.74, 6) is -0.720. The second kappa shape index (κ2) is 9.23. The highest BCUT2D eigenvalue weighted by Gasteiger charge is 2.12. The summed E-state index contributed by atoms with van der Waals surface area (Å²) in [6.07, 6.45) is 4.44. The molecule has 8 heteroatoms. The summed E-state index contributed by atoms with van der Waals surface area (Å²) in [5.41, 5.74) is 0.963. The summed E-state index contributed by atoms with van der Waals surface area (Å²) in [6.45, 7) is 0.340. The van der Waals surface area contributed by atoms with Crippen LogP contribution in [0, 0.1) is 15.9 Å². The van der Waals surface area contributed by atoms with Crippen molar-refractivity contribution < 1.29 is 18.8 Å². The third-order valence-electron chi connectivity index (χ3n) is 3.84. The van der Waals surface area contributed by atoms with Gasteiger partial charge in [0.1, 0.15) is 18.2 Å². The number of nitro benzene ring substituents is 1. The van der Waals surface area contributed by atoms with Crippen molar-refractivity contribution in [3.63, 3.8) is 0 Å². The zero-order chi connectivity index (χ0) is 20.6. The van der Waals surface area contributed by atoms with Crippen molar-refractivity contribution in [3.8, 4) is 5.75 Å². The molecule has 146 valence electrons. The number of hydrogen-bond acceptors (Lipinski definition) is 5. The van der Waals surface area contributed by atoms with E-state index < -0.39 is 16.6 Å². The first-order chi connectivity index (χ1) is 14.0. The number of halogens is 1. The molecule has 0 aliphatic carbocycles. The van der Waals surface area contributed by atoms with Crippen molar-refractivity contribution in [1.29, 1.82) is 0 Å². The number of nitrogens with zero attached hydrogens (tertiary/aromatic N) is 2. The van der Waals surface area contributed by atoms with E-state index in [1.54, 1.807) is 30.5 Å². The molecule has 2 aromatic carbocycles. The van der Waals surface area contributed by atoms with E-state index >= 15 is 0 Å². The predicted octanol–water partition coefficient (Wildman–Crippen LogP) is 4.36. The Morgan fingerprint density at radius 2 is 1.97 bits per heavy atom. The normalized spacial score (nSPS) is 10.7. The van der Waals surface area contributed by atoms with E-state index in [0.717, 1.165) is 29.5 Å². The van der Waals surface area contributed by atoms with Gasteiger partial charge >= 0.3 is 0 Å². The number of ether oxygens (including phenoxy) is 1. The first-order valence-corrected chi connectivity index (χ1v) is 8.57. The monoisotopic (exact) mass is 393 g/mol. The highest BCUT2D eigenvalue weighted by atomic mass is 19.1. The molecule has 0 saturated heterocycles. The first kappa shape index (κ1) is 19.7. The largest absolute Gasteiger partial charge is 0.487 e. The highest BCUT2D eigenvalue weighted by Crippen LogP contribution is 2.21. The van der Waals surface area contributed by atoms with Gasteiger partial charge in [-0.2, -0.15) is 0 Å². The summed E-state index contributed by atoms with van der Waals surface area (Å²) in [4.78, 5) is 26.2. The van der Waals surface area contributed by atoms with Gasteiger partial charge in [-0.25, -0.2) is 4.39 Å². The molecule has 0 atom stereocenters. The van der Waals surface area contributed by atoms with Gasteiger partial charge in [-0.3, -0.25) is 19.9 Å². The summed E-state index contributed by atoms with van der Waals surface area (Å²) in [6, 6.07) is 15.5. The lowest BCUT2D eigenvalue weighted by atomic mass is 10.2. The molecule has 0 fully saturated rings. The Labute approximate surface area is 165 Å². The lowest BCUT2D eigenvalue weighted by Gasteiger charge is -2.06. The topological polar surface area (TPSA) is 94.4 Å². The molecule has 1 amide bonds. The van der Waals surface area contributed by atoms with Crippen molar-refractivity contribution in [2.75, 3.05) is 5.32 Å². The van der Waals surface area contributed by atoms with E-state index in [4.69, 9.17) is 4.74 Å². The SMILES string of the molecule is O=C(/C=C/c1ccc(OCc2ccccn2)cc1)Nc1cc([N+](=O)[O-])ccc1F. The number of non-ortho nitro benzene ring substituents is 1. The summed E-state index contributed by atoms with van der Waals surface area (Å²) < 4.78 is 19.3. The number of nitro groups is 1. The van der Waals surface area contributed by atoms with Crippen LogP contribution < -0.4 is 10.1 Å². The van der Waals surface area contributed by atoms with Crippen LogP contribution in [0.4, 0.5) is 15.8 Å². The van der Waals surface area contributed by atoms with Gasteiger partial charge < -0.3 is 10.1 Å². The van der Waals surface area contributed by atoms with E-state index in [-0.39, 0.29) is 11.4 Å². The molecule has 1 N–H and O–H groups in total. The smallest absolute Gasteiger partial charge is 0.271 e. The minimum absolute atomic E-state index is 0.257. The molecule has 0 aliphatic rings.